The molecule has 1 aromatic heterocycles. The zero-order valence-electron chi connectivity index (χ0n) is 10.7. The number of halogens is 2. The van der Waals surface area contributed by atoms with Crippen LogP contribution in [-0.4, -0.2) is 27.3 Å². The summed E-state index contributed by atoms with van der Waals surface area (Å²) in [6, 6.07) is -0.282. The van der Waals surface area contributed by atoms with E-state index in [1.165, 1.54) is 0 Å². The van der Waals surface area contributed by atoms with Gasteiger partial charge < -0.3 is 4.74 Å². The third-order valence-corrected chi connectivity index (χ3v) is 3.25. The quantitative estimate of drug-likeness (QED) is 0.471. The third-order valence-electron chi connectivity index (χ3n) is 3.25. The molecule has 0 spiro atoms. The molecule has 2 rings (SSSR count). The Labute approximate surface area is 112 Å². The third kappa shape index (κ3) is 2.61. The van der Waals surface area contributed by atoms with Crippen molar-refractivity contribution in [1.29, 1.82) is 0 Å². The Hall–Kier alpha value is -2.06. The summed E-state index contributed by atoms with van der Waals surface area (Å²) in [6.45, 7) is 1.97. The van der Waals surface area contributed by atoms with Gasteiger partial charge in [-0.05, 0) is 19.8 Å². The number of carbonyl (C=O) groups excluding carboxylic acids is 1. The molecule has 1 heterocycles. The molecular formula is C11H13F2N3O4. The highest BCUT2D eigenvalue weighted by Crippen LogP contribution is 2.40. The fourth-order valence-corrected chi connectivity index (χ4v) is 2.14. The van der Waals surface area contributed by atoms with Gasteiger partial charge >= 0.3 is 11.7 Å². The van der Waals surface area contributed by atoms with Crippen molar-refractivity contribution in [1.82, 2.24) is 9.78 Å². The molecule has 1 aliphatic rings. The van der Waals surface area contributed by atoms with Crippen molar-refractivity contribution >= 4 is 11.7 Å². The van der Waals surface area contributed by atoms with Crippen molar-refractivity contribution in [2.75, 3.05) is 6.61 Å². The van der Waals surface area contributed by atoms with E-state index in [-0.39, 0.29) is 24.5 Å². The largest absolute Gasteiger partial charge is 0.466 e. The van der Waals surface area contributed by atoms with E-state index in [9.17, 15) is 23.7 Å². The van der Waals surface area contributed by atoms with Gasteiger partial charge in [-0.25, -0.2) is 8.78 Å². The predicted octanol–water partition coefficient (Wildman–Crippen LogP) is 2.24. The molecule has 0 amide bonds. The van der Waals surface area contributed by atoms with Crippen molar-refractivity contribution in [2.45, 2.75) is 32.2 Å². The average molecular weight is 289 g/mol. The summed E-state index contributed by atoms with van der Waals surface area (Å²) in [7, 11) is 0. The van der Waals surface area contributed by atoms with Crippen molar-refractivity contribution in [3.8, 4) is 0 Å². The van der Waals surface area contributed by atoms with Gasteiger partial charge in [0.05, 0.1) is 23.5 Å². The maximum atomic E-state index is 12.6. The number of hydrogen-bond acceptors (Lipinski definition) is 5. The predicted molar refractivity (Wildman–Crippen MR) is 62.2 cm³/mol. The molecule has 1 saturated carbocycles. The SMILES string of the molecule is CCOC(=O)C1CC(n2cc([N+](=O)[O-])c(C(F)F)n2)C1. The van der Waals surface area contributed by atoms with Crippen LogP contribution in [0.4, 0.5) is 14.5 Å². The van der Waals surface area contributed by atoms with Gasteiger partial charge in [0.2, 0.25) is 5.69 Å². The van der Waals surface area contributed by atoms with Gasteiger partial charge in [0.25, 0.3) is 6.43 Å². The standard InChI is InChI=1S/C11H13F2N3O4/c1-2-20-11(17)6-3-7(4-6)15-5-8(16(18)19)9(14-15)10(12)13/h5-7,10H,2-4H2,1H3. The Bertz CT molecular complexity index is 526. The Morgan fingerprint density at radius 1 is 1.65 bits per heavy atom. The van der Waals surface area contributed by atoms with Crippen LogP contribution >= 0.6 is 0 Å². The Morgan fingerprint density at radius 3 is 2.75 bits per heavy atom. The molecule has 110 valence electrons. The Morgan fingerprint density at radius 2 is 2.30 bits per heavy atom. The van der Waals surface area contributed by atoms with Gasteiger partial charge in [0.1, 0.15) is 6.20 Å². The first-order valence-corrected chi connectivity index (χ1v) is 6.12. The monoisotopic (exact) mass is 289 g/mol. The number of ether oxygens (including phenoxy) is 1. The molecule has 1 fully saturated rings. The zero-order chi connectivity index (χ0) is 14.9. The summed E-state index contributed by atoms with van der Waals surface area (Å²) in [5, 5.41) is 14.2. The number of esters is 1. The van der Waals surface area contributed by atoms with Crippen LogP contribution in [0.25, 0.3) is 0 Å². The molecule has 7 nitrogen and oxygen atoms in total. The number of nitrogens with zero attached hydrogens (tertiary/aromatic N) is 3. The molecule has 9 heteroatoms. The van der Waals surface area contributed by atoms with Crippen LogP contribution in [0.1, 0.15) is 37.9 Å². The maximum absolute atomic E-state index is 12.6. The van der Waals surface area contributed by atoms with Crippen molar-refractivity contribution in [3.05, 3.63) is 22.0 Å². The first-order chi connectivity index (χ1) is 9.43. The summed E-state index contributed by atoms with van der Waals surface area (Å²) >= 11 is 0. The molecule has 0 N–H and O–H groups in total. The summed E-state index contributed by atoms with van der Waals surface area (Å²) in [5.41, 5.74) is -1.53. The first kappa shape index (κ1) is 14.4. The number of carbonyl (C=O) groups is 1. The van der Waals surface area contributed by atoms with Crippen LogP contribution < -0.4 is 0 Å². The molecule has 0 saturated heterocycles. The van der Waals surface area contributed by atoms with E-state index in [4.69, 9.17) is 4.74 Å². The molecule has 1 aromatic rings. The van der Waals surface area contributed by atoms with E-state index in [2.05, 4.69) is 5.10 Å². The van der Waals surface area contributed by atoms with Crippen molar-refractivity contribution in [3.63, 3.8) is 0 Å². The van der Waals surface area contributed by atoms with Crippen LogP contribution in [0.5, 0.6) is 0 Å². The van der Waals surface area contributed by atoms with Gasteiger partial charge in [-0.1, -0.05) is 0 Å². The van der Waals surface area contributed by atoms with Crippen LogP contribution in [0, 0.1) is 16.0 Å². The van der Waals surface area contributed by atoms with Crippen molar-refractivity contribution < 1.29 is 23.2 Å². The minimum atomic E-state index is -3.00. The molecule has 0 aromatic carbocycles. The number of aromatic nitrogens is 2. The minimum Gasteiger partial charge on any atom is -0.466 e. The van der Waals surface area contributed by atoms with Gasteiger partial charge in [-0.3, -0.25) is 19.6 Å². The second-order valence-electron chi connectivity index (χ2n) is 4.51. The Kier molecular flexibility index (Phi) is 3.96. The lowest BCUT2D eigenvalue weighted by Gasteiger charge is -2.33. The molecule has 0 atom stereocenters. The number of alkyl halides is 2. The van der Waals surface area contributed by atoms with E-state index in [0.717, 1.165) is 10.9 Å². The molecule has 0 unspecified atom stereocenters. The van der Waals surface area contributed by atoms with Gasteiger partial charge in [0, 0.05) is 0 Å². The van der Waals surface area contributed by atoms with Crippen LogP contribution in [0.2, 0.25) is 0 Å². The average Bonchev–Trinajstić information content (AvgIpc) is 2.72. The molecule has 0 radical (unpaired) electrons. The smallest absolute Gasteiger partial charge is 0.316 e. The van der Waals surface area contributed by atoms with E-state index in [0.29, 0.717) is 12.8 Å². The molecular weight excluding hydrogens is 276 g/mol. The normalized spacial score (nSPS) is 21.6. The highest BCUT2D eigenvalue weighted by Gasteiger charge is 2.39. The second-order valence-corrected chi connectivity index (χ2v) is 4.51. The maximum Gasteiger partial charge on any atom is 0.316 e. The molecule has 0 bridgehead atoms. The van der Waals surface area contributed by atoms with E-state index < -0.39 is 22.7 Å². The van der Waals surface area contributed by atoms with Crippen LogP contribution in [0.3, 0.4) is 0 Å². The van der Waals surface area contributed by atoms with E-state index in [1.54, 1.807) is 6.92 Å². The topological polar surface area (TPSA) is 87.3 Å². The highest BCUT2D eigenvalue weighted by atomic mass is 19.3. The summed E-state index contributed by atoms with van der Waals surface area (Å²) < 4.78 is 31.3. The molecule has 20 heavy (non-hydrogen) atoms. The second kappa shape index (κ2) is 5.51. The summed E-state index contributed by atoms with van der Waals surface area (Å²) in [5.74, 6) is -0.627. The van der Waals surface area contributed by atoms with Crippen LogP contribution in [-0.2, 0) is 9.53 Å². The number of nitro groups is 1. The lowest BCUT2D eigenvalue weighted by molar-refractivity contribution is -0.386. The molecule has 0 aliphatic heterocycles. The van der Waals surface area contributed by atoms with Crippen molar-refractivity contribution in [2.24, 2.45) is 5.92 Å². The number of rotatable bonds is 5. The summed E-state index contributed by atoms with van der Waals surface area (Å²) in [6.07, 6.45) is -1.23. The lowest BCUT2D eigenvalue weighted by atomic mass is 9.80. The first-order valence-electron chi connectivity index (χ1n) is 6.12. The highest BCUT2D eigenvalue weighted by molar-refractivity contribution is 5.73. The fourth-order valence-electron chi connectivity index (χ4n) is 2.14. The summed E-state index contributed by atoms with van der Waals surface area (Å²) in [4.78, 5) is 21.2. The van der Waals surface area contributed by atoms with E-state index >= 15 is 0 Å². The lowest BCUT2D eigenvalue weighted by Crippen LogP contribution is -2.33. The minimum absolute atomic E-state index is 0.281. The Balaban J connectivity index is 2.07. The zero-order valence-corrected chi connectivity index (χ0v) is 10.7. The number of hydrogen-bond donors (Lipinski definition) is 0. The van der Waals surface area contributed by atoms with Gasteiger partial charge in [0.15, 0.2) is 0 Å². The van der Waals surface area contributed by atoms with Gasteiger partial charge in [-0.15, -0.1) is 0 Å². The van der Waals surface area contributed by atoms with Crippen LogP contribution in [0.15, 0.2) is 6.20 Å². The molecule has 1 aliphatic carbocycles. The fraction of sp³-hybridized carbons (Fsp3) is 0.636. The van der Waals surface area contributed by atoms with E-state index in [1.807, 2.05) is 0 Å². The van der Waals surface area contributed by atoms with Gasteiger partial charge in [-0.2, -0.15) is 5.10 Å².